The molecule has 0 unspecified atom stereocenters. The van der Waals surface area contributed by atoms with Gasteiger partial charge in [-0.25, -0.2) is 10.00 Å². The maximum atomic E-state index is 12.9. The van der Waals surface area contributed by atoms with Gasteiger partial charge in [0.1, 0.15) is 0 Å². The lowest BCUT2D eigenvalue weighted by Gasteiger charge is -2.32. The molecule has 2 amide bonds. The van der Waals surface area contributed by atoms with E-state index in [1.54, 1.807) is 18.2 Å². The predicted molar refractivity (Wildman–Crippen MR) is 121 cm³/mol. The van der Waals surface area contributed by atoms with Crippen LogP contribution in [-0.4, -0.2) is 55.4 Å². The van der Waals surface area contributed by atoms with Crippen molar-refractivity contribution >= 4 is 35.2 Å². The third kappa shape index (κ3) is 3.05. The molecule has 0 bridgehead atoms. The first-order valence-electron chi connectivity index (χ1n) is 10.7. The zero-order chi connectivity index (χ0) is 24.6. The van der Waals surface area contributed by atoms with Crippen molar-refractivity contribution in [2.24, 2.45) is 0 Å². The minimum atomic E-state index is -3.15. The molecule has 3 aromatic rings. The number of carbonyl (C=O) groups is 2. The van der Waals surface area contributed by atoms with Gasteiger partial charge in [-0.05, 0) is 51.4 Å². The standard InChI is InChI=1S/C23H22BN3O7/c1-21(2)22(3,4)34-24(33-21)12-9-10-13-16(11-12)17(25-26-18(13)28)23(31,32)27-19(29)14-7-5-6-8-15(14)20(27)30/h5-11,31-32H,1-4H3,(H,26,28). The van der Waals surface area contributed by atoms with E-state index in [1.807, 2.05) is 27.7 Å². The van der Waals surface area contributed by atoms with E-state index in [1.165, 1.54) is 24.3 Å². The third-order valence-corrected chi connectivity index (χ3v) is 6.76. The van der Waals surface area contributed by atoms with Gasteiger partial charge in [0.25, 0.3) is 17.4 Å². The van der Waals surface area contributed by atoms with Crippen molar-refractivity contribution in [2.75, 3.05) is 0 Å². The van der Waals surface area contributed by atoms with Crippen molar-refractivity contribution in [3.63, 3.8) is 0 Å². The van der Waals surface area contributed by atoms with E-state index in [2.05, 4.69) is 10.2 Å². The van der Waals surface area contributed by atoms with Crippen LogP contribution < -0.4 is 11.0 Å². The molecule has 1 saturated heterocycles. The van der Waals surface area contributed by atoms with Crippen LogP contribution in [-0.2, 0) is 15.2 Å². The molecule has 2 aromatic carbocycles. The lowest BCUT2D eigenvalue weighted by Crippen LogP contribution is -2.50. The summed E-state index contributed by atoms with van der Waals surface area (Å²) in [5, 5.41) is 28.3. The zero-order valence-electron chi connectivity index (χ0n) is 18.9. The number of benzene rings is 2. The van der Waals surface area contributed by atoms with Crippen LogP contribution >= 0.6 is 0 Å². The number of aromatic amines is 1. The van der Waals surface area contributed by atoms with E-state index in [9.17, 15) is 24.6 Å². The van der Waals surface area contributed by atoms with Crippen LogP contribution in [0.15, 0.2) is 47.3 Å². The largest absolute Gasteiger partial charge is 0.494 e. The molecule has 10 nitrogen and oxygen atoms in total. The van der Waals surface area contributed by atoms with E-state index < -0.39 is 47.3 Å². The summed E-state index contributed by atoms with van der Waals surface area (Å²) in [7, 11) is -0.798. The highest BCUT2D eigenvalue weighted by molar-refractivity contribution is 6.62. The summed E-state index contributed by atoms with van der Waals surface area (Å²) >= 11 is 0. The number of amides is 2. The maximum Gasteiger partial charge on any atom is 0.494 e. The van der Waals surface area contributed by atoms with Crippen molar-refractivity contribution in [3.05, 3.63) is 69.6 Å². The number of fused-ring (bicyclic) bond motifs is 2. The summed E-state index contributed by atoms with van der Waals surface area (Å²) in [6.07, 6.45) is 0. The Hall–Kier alpha value is -3.38. The molecule has 0 spiro atoms. The molecule has 1 aromatic heterocycles. The van der Waals surface area contributed by atoms with Gasteiger partial charge in [0.2, 0.25) is 0 Å². The molecule has 1 fully saturated rings. The fourth-order valence-corrected chi connectivity index (χ4v) is 4.14. The Morgan fingerprint density at radius 2 is 1.47 bits per heavy atom. The van der Waals surface area contributed by atoms with Crippen molar-refractivity contribution < 1.29 is 29.1 Å². The highest BCUT2D eigenvalue weighted by atomic mass is 16.7. The topological polar surface area (TPSA) is 142 Å². The predicted octanol–water partition coefficient (Wildman–Crippen LogP) is 0.613. The summed E-state index contributed by atoms with van der Waals surface area (Å²) in [5.41, 5.74) is -1.76. The zero-order valence-corrected chi connectivity index (χ0v) is 18.9. The number of H-pyrrole nitrogens is 1. The Balaban J connectivity index is 1.64. The van der Waals surface area contributed by atoms with Crippen molar-refractivity contribution in [3.8, 4) is 0 Å². The molecule has 5 rings (SSSR count). The molecule has 0 saturated carbocycles. The molecule has 174 valence electrons. The van der Waals surface area contributed by atoms with E-state index in [4.69, 9.17) is 9.31 Å². The fraction of sp³-hybridized carbons (Fsp3) is 0.304. The summed E-state index contributed by atoms with van der Waals surface area (Å²) in [5.74, 6) is -4.94. The number of hydrogen-bond acceptors (Lipinski definition) is 8. The molecular formula is C23H22BN3O7. The van der Waals surface area contributed by atoms with E-state index in [0.29, 0.717) is 10.4 Å². The second-order valence-corrected chi connectivity index (χ2v) is 9.42. The van der Waals surface area contributed by atoms with Gasteiger partial charge in [-0.1, -0.05) is 24.3 Å². The van der Waals surface area contributed by atoms with E-state index in [-0.39, 0.29) is 21.9 Å². The monoisotopic (exact) mass is 463 g/mol. The van der Waals surface area contributed by atoms with Crippen LogP contribution in [0.4, 0.5) is 0 Å². The van der Waals surface area contributed by atoms with Gasteiger partial charge in [-0.3, -0.25) is 14.4 Å². The lowest BCUT2D eigenvalue weighted by molar-refractivity contribution is -0.240. The van der Waals surface area contributed by atoms with Gasteiger partial charge in [0, 0.05) is 5.39 Å². The number of nitrogens with zero attached hydrogens (tertiary/aromatic N) is 2. The molecule has 0 radical (unpaired) electrons. The smallest absolute Gasteiger partial charge is 0.399 e. The SMILES string of the molecule is CC1(C)OB(c2ccc3c(=O)[nH]nc(C(O)(O)N4C(=O)c5ccccc5C4=O)c3c2)OC1(C)C. The van der Waals surface area contributed by atoms with Crippen LogP contribution in [0, 0.1) is 0 Å². The van der Waals surface area contributed by atoms with Crippen molar-refractivity contribution in [1.29, 1.82) is 0 Å². The number of hydrogen-bond donors (Lipinski definition) is 3. The third-order valence-electron chi connectivity index (χ3n) is 6.76. The first-order chi connectivity index (χ1) is 15.8. The number of imide groups is 1. The Morgan fingerprint density at radius 3 is 2.03 bits per heavy atom. The fourth-order valence-electron chi connectivity index (χ4n) is 4.14. The Morgan fingerprint density at radius 1 is 0.912 bits per heavy atom. The van der Waals surface area contributed by atoms with Crippen LogP contribution in [0.1, 0.15) is 54.1 Å². The van der Waals surface area contributed by atoms with Crippen molar-refractivity contribution in [2.45, 2.75) is 44.8 Å². The van der Waals surface area contributed by atoms with Crippen LogP contribution in [0.25, 0.3) is 10.8 Å². The summed E-state index contributed by atoms with van der Waals surface area (Å²) in [4.78, 5) is 38.5. The molecule has 0 atom stereocenters. The maximum absolute atomic E-state index is 12.9. The molecule has 0 aliphatic carbocycles. The minimum absolute atomic E-state index is 0.0255. The van der Waals surface area contributed by atoms with Gasteiger partial charge in [-0.15, -0.1) is 0 Å². The normalized spacial score (nSPS) is 19.2. The summed E-state index contributed by atoms with van der Waals surface area (Å²) in [6, 6.07) is 10.5. The van der Waals surface area contributed by atoms with Gasteiger partial charge < -0.3 is 19.5 Å². The van der Waals surface area contributed by atoms with Gasteiger partial charge >= 0.3 is 13.0 Å². The van der Waals surface area contributed by atoms with E-state index in [0.717, 1.165) is 0 Å². The molecule has 3 heterocycles. The highest BCUT2D eigenvalue weighted by Gasteiger charge is 2.53. The molecule has 11 heteroatoms. The number of rotatable bonds is 3. The van der Waals surface area contributed by atoms with Crippen LogP contribution in [0.2, 0.25) is 0 Å². The molecule has 2 aliphatic rings. The average molecular weight is 463 g/mol. The average Bonchev–Trinajstić information content (AvgIpc) is 3.16. The Bertz CT molecular complexity index is 1380. The van der Waals surface area contributed by atoms with Crippen molar-refractivity contribution in [1.82, 2.24) is 15.1 Å². The number of aromatic nitrogens is 2. The van der Waals surface area contributed by atoms with Gasteiger partial charge in [0.05, 0.1) is 27.7 Å². The van der Waals surface area contributed by atoms with Gasteiger partial charge in [-0.2, -0.15) is 5.10 Å². The molecule has 34 heavy (non-hydrogen) atoms. The Kier molecular flexibility index (Phi) is 4.66. The molecule has 3 N–H and O–H groups in total. The highest BCUT2D eigenvalue weighted by Crippen LogP contribution is 2.37. The Labute approximate surface area is 194 Å². The quantitative estimate of drug-likeness (QED) is 0.292. The van der Waals surface area contributed by atoms with Crippen LogP contribution in [0.3, 0.4) is 0 Å². The number of carbonyl (C=O) groups excluding carboxylic acids is 2. The lowest BCUT2D eigenvalue weighted by atomic mass is 9.78. The molecular weight excluding hydrogens is 441 g/mol. The van der Waals surface area contributed by atoms with Crippen LogP contribution in [0.5, 0.6) is 0 Å². The first-order valence-corrected chi connectivity index (χ1v) is 10.7. The second kappa shape index (κ2) is 7.06. The minimum Gasteiger partial charge on any atom is -0.399 e. The molecule has 2 aliphatic heterocycles. The summed E-state index contributed by atoms with van der Waals surface area (Å²) < 4.78 is 12.1. The summed E-state index contributed by atoms with van der Waals surface area (Å²) in [6.45, 7) is 7.56. The number of aliphatic hydroxyl groups is 2. The number of nitrogens with one attached hydrogen (secondary N) is 1. The second-order valence-electron chi connectivity index (χ2n) is 9.42. The van der Waals surface area contributed by atoms with E-state index >= 15 is 0 Å². The van der Waals surface area contributed by atoms with Gasteiger partial charge in [0.15, 0.2) is 5.69 Å². The first kappa shape index (κ1) is 22.4.